The van der Waals surface area contributed by atoms with E-state index in [0.717, 1.165) is 10.7 Å². The fourth-order valence-corrected chi connectivity index (χ4v) is 1.90. The number of thiophene rings is 1. The molecule has 2 heterocycles. The van der Waals surface area contributed by atoms with E-state index in [1.54, 1.807) is 16.0 Å². The molecular formula is C7H8N4S. The molecule has 0 saturated carbocycles. The maximum Gasteiger partial charge on any atom is 0.191 e. The maximum atomic E-state index is 3.91. The standard InChI is InChI=1S/C7H8N4S/c1-5-3-6(12-4-5)7-8-9-10-11(7)2/h3-4H,1-2H3. The summed E-state index contributed by atoms with van der Waals surface area (Å²) in [5.41, 5.74) is 1.25. The Morgan fingerprint density at radius 2 is 2.33 bits per heavy atom. The molecule has 0 aromatic carbocycles. The third-order valence-electron chi connectivity index (χ3n) is 1.57. The average Bonchev–Trinajstić information content (AvgIpc) is 2.58. The second-order valence-electron chi connectivity index (χ2n) is 2.61. The van der Waals surface area contributed by atoms with Crippen molar-refractivity contribution in [2.45, 2.75) is 6.92 Å². The molecule has 0 atom stereocenters. The summed E-state index contributed by atoms with van der Waals surface area (Å²) < 4.78 is 1.67. The predicted molar refractivity (Wildman–Crippen MR) is 46.8 cm³/mol. The van der Waals surface area contributed by atoms with Crippen LogP contribution in [0.4, 0.5) is 0 Å². The van der Waals surface area contributed by atoms with Gasteiger partial charge >= 0.3 is 0 Å². The summed E-state index contributed by atoms with van der Waals surface area (Å²) in [7, 11) is 1.84. The lowest BCUT2D eigenvalue weighted by Crippen LogP contribution is -1.92. The molecule has 2 aromatic heterocycles. The van der Waals surface area contributed by atoms with Crippen molar-refractivity contribution in [2.24, 2.45) is 7.05 Å². The second kappa shape index (κ2) is 2.67. The number of aromatic nitrogens is 4. The van der Waals surface area contributed by atoms with E-state index in [2.05, 4.69) is 33.9 Å². The lowest BCUT2D eigenvalue weighted by molar-refractivity contribution is 0.715. The third-order valence-corrected chi connectivity index (χ3v) is 2.62. The average molecular weight is 180 g/mol. The topological polar surface area (TPSA) is 43.6 Å². The van der Waals surface area contributed by atoms with Crippen LogP contribution in [-0.4, -0.2) is 20.2 Å². The molecule has 62 valence electrons. The van der Waals surface area contributed by atoms with Crippen molar-refractivity contribution in [1.82, 2.24) is 20.2 Å². The lowest BCUT2D eigenvalue weighted by Gasteiger charge is -1.91. The van der Waals surface area contributed by atoms with Crippen LogP contribution in [0.2, 0.25) is 0 Å². The van der Waals surface area contributed by atoms with Crippen LogP contribution in [0.25, 0.3) is 10.7 Å². The monoisotopic (exact) mass is 180 g/mol. The Balaban J connectivity index is 2.50. The van der Waals surface area contributed by atoms with Gasteiger partial charge in [-0.3, -0.25) is 0 Å². The minimum Gasteiger partial charge on any atom is -0.228 e. The molecule has 0 saturated heterocycles. The summed E-state index contributed by atoms with van der Waals surface area (Å²) in [6.45, 7) is 2.06. The SMILES string of the molecule is Cc1csc(-c2nnnn2C)c1. The number of aryl methyl sites for hydroxylation is 2. The predicted octanol–water partition coefficient (Wildman–Crippen LogP) is 1.25. The quantitative estimate of drug-likeness (QED) is 0.663. The highest BCUT2D eigenvalue weighted by Crippen LogP contribution is 2.23. The molecule has 0 amide bonds. The minimum atomic E-state index is 0.827. The Kier molecular flexibility index (Phi) is 1.65. The van der Waals surface area contributed by atoms with Crippen molar-refractivity contribution in [3.63, 3.8) is 0 Å². The molecule has 0 radical (unpaired) electrons. The van der Waals surface area contributed by atoms with E-state index in [1.807, 2.05) is 7.05 Å². The van der Waals surface area contributed by atoms with Crippen LogP contribution < -0.4 is 0 Å². The summed E-state index contributed by atoms with van der Waals surface area (Å²) in [6.07, 6.45) is 0. The molecule has 0 N–H and O–H groups in total. The second-order valence-corrected chi connectivity index (χ2v) is 3.53. The van der Waals surface area contributed by atoms with Gasteiger partial charge in [0.15, 0.2) is 5.82 Å². The molecule has 2 rings (SSSR count). The number of hydrogen-bond acceptors (Lipinski definition) is 4. The highest BCUT2D eigenvalue weighted by molar-refractivity contribution is 7.13. The van der Waals surface area contributed by atoms with E-state index in [9.17, 15) is 0 Å². The summed E-state index contributed by atoms with van der Waals surface area (Å²) in [5.74, 6) is 0.827. The van der Waals surface area contributed by atoms with Crippen molar-refractivity contribution in [3.05, 3.63) is 17.0 Å². The molecule has 0 spiro atoms. The Labute approximate surface area is 73.8 Å². The first kappa shape index (κ1) is 7.42. The molecular weight excluding hydrogens is 172 g/mol. The van der Waals surface area contributed by atoms with Gasteiger partial charge in [-0.25, -0.2) is 4.68 Å². The van der Waals surface area contributed by atoms with Crippen molar-refractivity contribution >= 4 is 11.3 Å². The van der Waals surface area contributed by atoms with E-state index in [1.165, 1.54) is 5.56 Å². The van der Waals surface area contributed by atoms with Crippen LogP contribution in [0.3, 0.4) is 0 Å². The van der Waals surface area contributed by atoms with Crippen molar-refractivity contribution < 1.29 is 0 Å². The first-order valence-electron chi connectivity index (χ1n) is 3.55. The Bertz CT molecular complexity index is 390. The molecule has 0 aliphatic rings. The Morgan fingerprint density at radius 3 is 2.83 bits per heavy atom. The first-order chi connectivity index (χ1) is 5.77. The normalized spacial score (nSPS) is 10.5. The summed E-state index contributed by atoms with van der Waals surface area (Å²) in [4.78, 5) is 1.11. The lowest BCUT2D eigenvalue weighted by atomic mass is 10.3. The molecule has 5 heteroatoms. The van der Waals surface area contributed by atoms with Crippen LogP contribution in [0, 0.1) is 6.92 Å². The van der Waals surface area contributed by atoms with Crippen LogP contribution in [-0.2, 0) is 7.05 Å². The van der Waals surface area contributed by atoms with Gasteiger partial charge in [0.1, 0.15) is 0 Å². The zero-order chi connectivity index (χ0) is 8.55. The maximum absolute atomic E-state index is 3.91. The molecule has 0 bridgehead atoms. The Morgan fingerprint density at radius 1 is 1.50 bits per heavy atom. The minimum absolute atomic E-state index is 0.827. The van der Waals surface area contributed by atoms with Gasteiger partial charge in [0.05, 0.1) is 4.88 Å². The largest absolute Gasteiger partial charge is 0.228 e. The van der Waals surface area contributed by atoms with E-state index >= 15 is 0 Å². The van der Waals surface area contributed by atoms with E-state index in [4.69, 9.17) is 0 Å². The molecule has 0 unspecified atom stereocenters. The molecule has 0 aliphatic heterocycles. The molecule has 2 aromatic rings. The van der Waals surface area contributed by atoms with Crippen molar-refractivity contribution in [1.29, 1.82) is 0 Å². The summed E-state index contributed by atoms with van der Waals surface area (Å²) in [5, 5.41) is 13.3. The van der Waals surface area contributed by atoms with Gasteiger partial charge in [0.2, 0.25) is 0 Å². The van der Waals surface area contributed by atoms with Crippen LogP contribution in [0.1, 0.15) is 5.56 Å². The van der Waals surface area contributed by atoms with E-state index in [-0.39, 0.29) is 0 Å². The number of rotatable bonds is 1. The van der Waals surface area contributed by atoms with Gasteiger partial charge in [-0.1, -0.05) is 0 Å². The van der Waals surface area contributed by atoms with Gasteiger partial charge in [0.25, 0.3) is 0 Å². The highest BCUT2D eigenvalue weighted by Gasteiger charge is 2.06. The van der Waals surface area contributed by atoms with E-state index < -0.39 is 0 Å². The van der Waals surface area contributed by atoms with Crippen molar-refractivity contribution in [2.75, 3.05) is 0 Å². The summed E-state index contributed by atoms with van der Waals surface area (Å²) in [6, 6.07) is 2.08. The molecule has 0 fully saturated rings. The fraction of sp³-hybridized carbons (Fsp3) is 0.286. The number of hydrogen-bond donors (Lipinski definition) is 0. The summed E-state index contributed by atoms with van der Waals surface area (Å²) >= 11 is 1.66. The van der Waals surface area contributed by atoms with Crippen molar-refractivity contribution in [3.8, 4) is 10.7 Å². The first-order valence-corrected chi connectivity index (χ1v) is 4.43. The van der Waals surface area contributed by atoms with E-state index in [0.29, 0.717) is 0 Å². The van der Waals surface area contributed by atoms with Crippen LogP contribution in [0.15, 0.2) is 11.4 Å². The number of nitrogens with zero attached hydrogens (tertiary/aromatic N) is 4. The zero-order valence-corrected chi connectivity index (χ0v) is 7.67. The number of tetrazole rings is 1. The Hall–Kier alpha value is -1.23. The van der Waals surface area contributed by atoms with Gasteiger partial charge in [-0.2, -0.15) is 0 Å². The molecule has 4 nitrogen and oxygen atoms in total. The molecule has 0 aliphatic carbocycles. The highest BCUT2D eigenvalue weighted by atomic mass is 32.1. The van der Waals surface area contributed by atoms with Gasteiger partial charge < -0.3 is 0 Å². The third kappa shape index (κ3) is 1.12. The smallest absolute Gasteiger partial charge is 0.191 e. The van der Waals surface area contributed by atoms with Gasteiger partial charge in [0, 0.05) is 7.05 Å². The molecule has 12 heavy (non-hydrogen) atoms. The van der Waals surface area contributed by atoms with Crippen LogP contribution in [0.5, 0.6) is 0 Å². The van der Waals surface area contributed by atoms with Gasteiger partial charge in [-0.15, -0.1) is 16.4 Å². The fourth-order valence-electron chi connectivity index (χ4n) is 0.987. The zero-order valence-electron chi connectivity index (χ0n) is 6.85. The van der Waals surface area contributed by atoms with Crippen LogP contribution >= 0.6 is 11.3 Å². The van der Waals surface area contributed by atoms with Gasteiger partial charge in [-0.05, 0) is 34.4 Å².